The lowest BCUT2D eigenvalue weighted by molar-refractivity contribution is 0.0605. The Hall–Kier alpha value is -0.240. The van der Waals surface area contributed by atoms with E-state index in [0.29, 0.717) is 5.92 Å². The molecule has 100 valence electrons. The molecule has 1 atom stereocenters. The van der Waals surface area contributed by atoms with Gasteiger partial charge in [0.2, 0.25) is 0 Å². The summed E-state index contributed by atoms with van der Waals surface area (Å²) in [6.45, 7) is 1.67. The second-order valence-corrected chi connectivity index (χ2v) is 5.84. The molecule has 2 rings (SSSR count). The largest absolute Gasteiger partial charge is 0.381 e. The normalized spacial score (nSPS) is 18.8. The number of hydrogen-bond acceptors (Lipinski definition) is 3. The number of nitrogens with one attached hydrogen (secondary N) is 1. The van der Waals surface area contributed by atoms with Crippen molar-refractivity contribution in [3.63, 3.8) is 0 Å². The lowest BCUT2D eigenvalue weighted by Gasteiger charge is -2.27. The molecular formula is C13H18FIN2O. The first kappa shape index (κ1) is 14.2. The van der Waals surface area contributed by atoms with Gasteiger partial charge in [-0.2, -0.15) is 0 Å². The predicted molar refractivity (Wildman–Crippen MR) is 77.3 cm³/mol. The van der Waals surface area contributed by atoms with Crippen LogP contribution in [-0.4, -0.2) is 13.2 Å². The first-order valence-corrected chi connectivity index (χ1v) is 7.27. The van der Waals surface area contributed by atoms with Gasteiger partial charge in [-0.25, -0.2) is 4.39 Å². The Morgan fingerprint density at radius 3 is 2.78 bits per heavy atom. The molecule has 1 aliphatic heterocycles. The Bertz CT molecular complexity index is 397. The second-order valence-electron chi connectivity index (χ2n) is 4.68. The van der Waals surface area contributed by atoms with Gasteiger partial charge in [-0.05, 0) is 65.5 Å². The fourth-order valence-electron chi connectivity index (χ4n) is 2.38. The van der Waals surface area contributed by atoms with Crippen LogP contribution < -0.4 is 11.3 Å². The fraction of sp³-hybridized carbons (Fsp3) is 0.538. The summed E-state index contributed by atoms with van der Waals surface area (Å²) in [5.41, 5.74) is 3.93. The maximum atomic E-state index is 13.1. The average molecular weight is 364 g/mol. The van der Waals surface area contributed by atoms with E-state index in [1.807, 2.05) is 6.07 Å². The second kappa shape index (κ2) is 6.79. The number of benzene rings is 1. The molecule has 0 bridgehead atoms. The first-order chi connectivity index (χ1) is 8.70. The number of hydrogen-bond donors (Lipinski definition) is 2. The van der Waals surface area contributed by atoms with Crippen LogP contribution >= 0.6 is 22.6 Å². The highest BCUT2D eigenvalue weighted by Crippen LogP contribution is 2.29. The molecular weight excluding hydrogens is 346 g/mol. The van der Waals surface area contributed by atoms with Crippen molar-refractivity contribution in [2.24, 2.45) is 11.8 Å². The molecule has 18 heavy (non-hydrogen) atoms. The van der Waals surface area contributed by atoms with Gasteiger partial charge in [0.15, 0.2) is 0 Å². The summed E-state index contributed by atoms with van der Waals surface area (Å²) < 4.78 is 19.4. The molecule has 3 nitrogen and oxygen atoms in total. The standard InChI is InChI=1S/C13H18FIN2O/c14-10-1-2-11(12(15)8-10)13(17-16)7-9-3-5-18-6-4-9/h1-2,8-9,13,17H,3-7,16H2. The van der Waals surface area contributed by atoms with E-state index in [1.165, 1.54) is 6.07 Å². The van der Waals surface area contributed by atoms with Crippen molar-refractivity contribution < 1.29 is 9.13 Å². The summed E-state index contributed by atoms with van der Waals surface area (Å²) in [5, 5.41) is 0. The van der Waals surface area contributed by atoms with Gasteiger partial charge in [-0.15, -0.1) is 0 Å². The molecule has 1 aromatic carbocycles. The minimum atomic E-state index is -0.204. The Labute approximate surface area is 120 Å². The Balaban J connectivity index is 2.07. The molecule has 1 aromatic rings. The van der Waals surface area contributed by atoms with E-state index in [2.05, 4.69) is 28.0 Å². The minimum Gasteiger partial charge on any atom is -0.381 e. The number of halogens is 2. The fourth-order valence-corrected chi connectivity index (χ4v) is 3.24. The van der Waals surface area contributed by atoms with Crippen LogP contribution in [0.2, 0.25) is 0 Å². The number of rotatable bonds is 4. The zero-order valence-corrected chi connectivity index (χ0v) is 12.3. The van der Waals surface area contributed by atoms with Gasteiger partial charge >= 0.3 is 0 Å². The van der Waals surface area contributed by atoms with Crippen LogP contribution in [0.3, 0.4) is 0 Å². The molecule has 0 spiro atoms. The van der Waals surface area contributed by atoms with Crippen molar-refractivity contribution in [1.82, 2.24) is 5.43 Å². The van der Waals surface area contributed by atoms with E-state index in [0.717, 1.165) is 41.6 Å². The summed E-state index contributed by atoms with van der Waals surface area (Å²) in [5.74, 6) is 6.07. The zero-order valence-electron chi connectivity index (χ0n) is 10.2. The SMILES string of the molecule is NNC(CC1CCOCC1)c1ccc(F)cc1I. The Kier molecular flexibility index (Phi) is 5.35. The van der Waals surface area contributed by atoms with Crippen LogP contribution in [0, 0.1) is 15.3 Å². The Morgan fingerprint density at radius 2 is 2.17 bits per heavy atom. The molecule has 1 fully saturated rings. The van der Waals surface area contributed by atoms with E-state index >= 15 is 0 Å². The van der Waals surface area contributed by atoms with Gasteiger partial charge in [-0.3, -0.25) is 11.3 Å². The Morgan fingerprint density at radius 1 is 1.44 bits per heavy atom. The molecule has 0 radical (unpaired) electrons. The van der Waals surface area contributed by atoms with Crippen LogP contribution in [0.5, 0.6) is 0 Å². The van der Waals surface area contributed by atoms with Gasteiger partial charge in [-0.1, -0.05) is 6.07 Å². The molecule has 0 saturated carbocycles. The maximum absolute atomic E-state index is 13.1. The number of ether oxygens (including phenoxy) is 1. The smallest absolute Gasteiger partial charge is 0.124 e. The van der Waals surface area contributed by atoms with Crippen LogP contribution in [0.25, 0.3) is 0 Å². The van der Waals surface area contributed by atoms with Crippen LogP contribution in [-0.2, 0) is 4.74 Å². The van der Waals surface area contributed by atoms with Crippen LogP contribution in [0.1, 0.15) is 30.9 Å². The molecule has 1 heterocycles. The van der Waals surface area contributed by atoms with Gasteiger partial charge in [0.1, 0.15) is 5.82 Å². The monoisotopic (exact) mass is 364 g/mol. The van der Waals surface area contributed by atoms with Gasteiger partial charge in [0.25, 0.3) is 0 Å². The minimum absolute atomic E-state index is 0.0839. The molecule has 1 saturated heterocycles. The third kappa shape index (κ3) is 3.63. The van der Waals surface area contributed by atoms with Gasteiger partial charge in [0.05, 0.1) is 0 Å². The molecule has 5 heteroatoms. The van der Waals surface area contributed by atoms with E-state index in [4.69, 9.17) is 10.6 Å². The molecule has 0 aromatic heterocycles. The number of hydrazine groups is 1. The van der Waals surface area contributed by atoms with Crippen molar-refractivity contribution in [2.45, 2.75) is 25.3 Å². The molecule has 1 unspecified atom stereocenters. The van der Waals surface area contributed by atoms with Crippen molar-refractivity contribution in [1.29, 1.82) is 0 Å². The zero-order chi connectivity index (χ0) is 13.0. The highest BCUT2D eigenvalue weighted by atomic mass is 127. The van der Waals surface area contributed by atoms with E-state index in [9.17, 15) is 4.39 Å². The summed E-state index contributed by atoms with van der Waals surface area (Å²) in [6, 6.07) is 4.94. The summed E-state index contributed by atoms with van der Waals surface area (Å²) >= 11 is 2.16. The summed E-state index contributed by atoms with van der Waals surface area (Å²) in [7, 11) is 0. The first-order valence-electron chi connectivity index (χ1n) is 6.19. The van der Waals surface area contributed by atoms with Crippen LogP contribution in [0.15, 0.2) is 18.2 Å². The van der Waals surface area contributed by atoms with Crippen molar-refractivity contribution in [3.05, 3.63) is 33.1 Å². The van der Waals surface area contributed by atoms with E-state index in [-0.39, 0.29) is 11.9 Å². The lowest BCUT2D eigenvalue weighted by atomic mass is 9.90. The van der Waals surface area contributed by atoms with Crippen molar-refractivity contribution in [2.75, 3.05) is 13.2 Å². The number of nitrogens with two attached hydrogens (primary N) is 1. The highest BCUT2D eigenvalue weighted by Gasteiger charge is 2.21. The van der Waals surface area contributed by atoms with Gasteiger partial charge < -0.3 is 4.74 Å². The van der Waals surface area contributed by atoms with Gasteiger partial charge in [0, 0.05) is 22.8 Å². The van der Waals surface area contributed by atoms with Crippen molar-refractivity contribution >= 4 is 22.6 Å². The average Bonchev–Trinajstić information content (AvgIpc) is 2.38. The van der Waals surface area contributed by atoms with E-state index < -0.39 is 0 Å². The third-order valence-electron chi connectivity index (χ3n) is 3.45. The van der Waals surface area contributed by atoms with Crippen LogP contribution in [0.4, 0.5) is 4.39 Å². The topological polar surface area (TPSA) is 47.3 Å². The quantitative estimate of drug-likeness (QED) is 0.491. The van der Waals surface area contributed by atoms with E-state index in [1.54, 1.807) is 6.07 Å². The van der Waals surface area contributed by atoms with Crippen molar-refractivity contribution in [3.8, 4) is 0 Å². The highest BCUT2D eigenvalue weighted by molar-refractivity contribution is 14.1. The lowest BCUT2D eigenvalue weighted by Crippen LogP contribution is -2.31. The molecule has 0 aliphatic carbocycles. The summed E-state index contributed by atoms with van der Waals surface area (Å²) in [6.07, 6.45) is 3.13. The molecule has 3 N–H and O–H groups in total. The molecule has 1 aliphatic rings. The molecule has 0 amide bonds. The predicted octanol–water partition coefficient (Wildman–Crippen LogP) is 2.75. The third-order valence-corrected chi connectivity index (χ3v) is 4.38. The maximum Gasteiger partial charge on any atom is 0.124 e. The summed E-state index contributed by atoms with van der Waals surface area (Å²) in [4.78, 5) is 0.